The van der Waals surface area contributed by atoms with Crippen molar-refractivity contribution in [2.75, 3.05) is 37.4 Å². The van der Waals surface area contributed by atoms with Crippen LogP contribution in [0.25, 0.3) is 21.9 Å². The van der Waals surface area contributed by atoms with Crippen LogP contribution in [0, 0.1) is 0 Å². The van der Waals surface area contributed by atoms with Crippen LogP contribution in [0.2, 0.25) is 5.02 Å². The number of fused-ring (bicyclic) bond motifs is 2. The fourth-order valence-corrected chi connectivity index (χ4v) is 5.09. The smallest absolute Gasteiger partial charge is 0.309 e. The van der Waals surface area contributed by atoms with Gasteiger partial charge >= 0.3 is 6.03 Å². The highest BCUT2D eigenvalue weighted by Gasteiger charge is 2.26. The molecule has 4 aromatic rings. The van der Waals surface area contributed by atoms with Crippen LogP contribution >= 0.6 is 11.6 Å². The predicted molar refractivity (Wildman–Crippen MR) is 146 cm³/mol. The van der Waals surface area contributed by atoms with E-state index in [9.17, 15) is 4.79 Å². The van der Waals surface area contributed by atoms with Gasteiger partial charge in [-0.3, -0.25) is 9.88 Å². The molecule has 35 heavy (non-hydrogen) atoms. The van der Waals surface area contributed by atoms with E-state index in [1.54, 1.807) is 12.4 Å². The molecule has 0 saturated heterocycles. The molecule has 5 rings (SSSR count). The average Bonchev–Trinajstić information content (AvgIpc) is 3.27. The largest absolute Gasteiger partial charge is 0.326 e. The fourth-order valence-electron chi connectivity index (χ4n) is 4.81. The number of anilines is 2. The second-order valence-electron chi connectivity index (χ2n) is 9.25. The number of halogens is 1. The zero-order valence-electron chi connectivity index (χ0n) is 20.1. The molecule has 3 aromatic carbocycles. The van der Waals surface area contributed by atoms with Gasteiger partial charge in [-0.15, -0.1) is 0 Å². The second kappa shape index (κ2) is 10.1. The maximum Gasteiger partial charge on any atom is 0.326 e. The van der Waals surface area contributed by atoms with E-state index < -0.39 is 0 Å². The maximum absolute atomic E-state index is 13.4. The van der Waals surface area contributed by atoms with E-state index >= 15 is 0 Å². The molecule has 0 spiro atoms. The minimum atomic E-state index is -0.118. The number of carbonyl (C=O) groups is 1. The number of carbonyl (C=O) groups excluding carboxylic acids is 1. The fraction of sp³-hybridized carbons (Fsp3) is 0.241. The van der Waals surface area contributed by atoms with Crippen LogP contribution in [-0.2, 0) is 12.8 Å². The minimum Gasteiger partial charge on any atom is -0.309 e. The molecule has 0 unspecified atom stereocenters. The Morgan fingerprint density at radius 1 is 1.06 bits per heavy atom. The van der Waals surface area contributed by atoms with Crippen LogP contribution < -0.4 is 10.2 Å². The molecule has 2 amide bonds. The van der Waals surface area contributed by atoms with Crippen molar-refractivity contribution < 1.29 is 4.79 Å². The number of urea groups is 1. The van der Waals surface area contributed by atoms with E-state index in [4.69, 9.17) is 11.6 Å². The lowest BCUT2D eigenvalue weighted by molar-refractivity contribution is 0.257. The van der Waals surface area contributed by atoms with Gasteiger partial charge in [0.05, 0.1) is 5.69 Å². The number of hydrogen-bond acceptors (Lipinski definition) is 3. The van der Waals surface area contributed by atoms with Gasteiger partial charge in [0, 0.05) is 35.0 Å². The number of hydrogen-bond donors (Lipinski definition) is 1. The molecule has 1 aliphatic heterocycles. The first-order chi connectivity index (χ1) is 17.0. The van der Waals surface area contributed by atoms with Gasteiger partial charge in [0.2, 0.25) is 0 Å². The Kier molecular flexibility index (Phi) is 6.71. The van der Waals surface area contributed by atoms with Crippen molar-refractivity contribution in [3.8, 4) is 11.1 Å². The molecule has 1 aliphatic rings. The molecule has 0 aliphatic carbocycles. The first kappa shape index (κ1) is 23.3. The lowest BCUT2D eigenvalue weighted by Crippen LogP contribution is -2.33. The summed E-state index contributed by atoms with van der Waals surface area (Å²) in [7, 11) is 4.15. The quantitative estimate of drug-likeness (QED) is 0.333. The van der Waals surface area contributed by atoms with Gasteiger partial charge in [-0.2, -0.15) is 0 Å². The number of nitrogens with zero attached hydrogens (tertiary/aromatic N) is 3. The molecule has 0 atom stereocenters. The number of aryl methyl sites for hydroxylation is 1. The lowest BCUT2D eigenvalue weighted by atomic mass is 9.98. The van der Waals surface area contributed by atoms with Gasteiger partial charge < -0.3 is 10.2 Å². The van der Waals surface area contributed by atoms with E-state index in [2.05, 4.69) is 53.6 Å². The summed E-state index contributed by atoms with van der Waals surface area (Å²) < 4.78 is 0. The zero-order chi connectivity index (χ0) is 24.4. The molecule has 0 radical (unpaired) electrons. The molecule has 2 heterocycles. The van der Waals surface area contributed by atoms with Gasteiger partial charge in [0.1, 0.15) is 0 Å². The Morgan fingerprint density at radius 3 is 2.60 bits per heavy atom. The Morgan fingerprint density at radius 2 is 1.83 bits per heavy atom. The zero-order valence-corrected chi connectivity index (χ0v) is 20.8. The van der Waals surface area contributed by atoms with E-state index in [0.29, 0.717) is 6.54 Å². The summed E-state index contributed by atoms with van der Waals surface area (Å²) in [6.07, 6.45) is 6.31. The summed E-state index contributed by atoms with van der Waals surface area (Å²) in [5.74, 6) is 0. The Bertz CT molecular complexity index is 1370. The van der Waals surface area contributed by atoms with Crippen LogP contribution in [0.15, 0.2) is 73.1 Å². The van der Waals surface area contributed by atoms with Crippen molar-refractivity contribution in [3.63, 3.8) is 0 Å². The third kappa shape index (κ3) is 4.88. The first-order valence-corrected chi connectivity index (χ1v) is 12.4. The summed E-state index contributed by atoms with van der Waals surface area (Å²) >= 11 is 6.57. The highest BCUT2D eigenvalue weighted by atomic mass is 35.5. The van der Waals surface area contributed by atoms with Crippen molar-refractivity contribution in [2.24, 2.45) is 0 Å². The topological polar surface area (TPSA) is 48.5 Å². The van der Waals surface area contributed by atoms with E-state index in [1.807, 2.05) is 41.3 Å². The average molecular weight is 485 g/mol. The maximum atomic E-state index is 13.4. The van der Waals surface area contributed by atoms with Crippen molar-refractivity contribution in [3.05, 3.63) is 89.2 Å². The normalized spacial score (nSPS) is 12.9. The highest BCUT2D eigenvalue weighted by Crippen LogP contribution is 2.36. The van der Waals surface area contributed by atoms with E-state index in [0.717, 1.165) is 75.2 Å². The summed E-state index contributed by atoms with van der Waals surface area (Å²) in [5, 5.41) is 6.07. The van der Waals surface area contributed by atoms with Gasteiger partial charge in [-0.05, 0) is 97.9 Å². The first-order valence-electron chi connectivity index (χ1n) is 12.0. The third-order valence-corrected chi connectivity index (χ3v) is 6.95. The highest BCUT2D eigenvalue weighted by molar-refractivity contribution is 6.31. The molecule has 1 N–H and O–H groups in total. The summed E-state index contributed by atoms with van der Waals surface area (Å²) in [6.45, 7) is 1.64. The number of benzene rings is 3. The number of rotatable bonds is 6. The second-order valence-corrected chi connectivity index (χ2v) is 9.66. The molecule has 0 saturated carbocycles. The predicted octanol–water partition coefficient (Wildman–Crippen LogP) is 6.64. The van der Waals surface area contributed by atoms with Crippen LogP contribution in [0.4, 0.5) is 16.2 Å². The summed E-state index contributed by atoms with van der Waals surface area (Å²) in [6, 6.07) is 20.2. The standard InChI is InChI=1S/C29H29ClN4O/c1-33(2)16-5-6-21-19-28-22(18-26(21)30)13-17-34(28)29(35)32-27-10-9-23(20-11-14-31-15-12-20)24-7-3-4-8-25(24)27/h3-4,7-12,14-15,18-19H,5-6,13,16-17H2,1-2H3,(H,32,35). The van der Waals surface area contributed by atoms with Gasteiger partial charge in [0.15, 0.2) is 0 Å². The molecule has 5 nitrogen and oxygen atoms in total. The molecule has 6 heteroatoms. The number of amides is 2. The molecule has 178 valence electrons. The number of aromatic nitrogens is 1. The Balaban J connectivity index is 1.41. The molecular weight excluding hydrogens is 456 g/mol. The van der Waals surface area contributed by atoms with Crippen LogP contribution in [0.3, 0.4) is 0 Å². The van der Waals surface area contributed by atoms with E-state index in [1.165, 1.54) is 0 Å². The number of nitrogens with one attached hydrogen (secondary N) is 1. The summed E-state index contributed by atoms with van der Waals surface area (Å²) in [4.78, 5) is 21.6. The molecule has 0 bridgehead atoms. The molecule has 0 fully saturated rings. The third-order valence-electron chi connectivity index (χ3n) is 6.60. The van der Waals surface area contributed by atoms with Crippen LogP contribution in [-0.4, -0.2) is 43.1 Å². The van der Waals surface area contributed by atoms with Crippen molar-refractivity contribution in [2.45, 2.75) is 19.3 Å². The van der Waals surface area contributed by atoms with Crippen molar-refractivity contribution >= 4 is 39.8 Å². The van der Waals surface area contributed by atoms with Crippen molar-refractivity contribution in [1.29, 1.82) is 0 Å². The molecular formula is C29H29ClN4O. The van der Waals surface area contributed by atoms with Gasteiger partial charge in [0.25, 0.3) is 0 Å². The van der Waals surface area contributed by atoms with Crippen molar-refractivity contribution in [1.82, 2.24) is 9.88 Å². The van der Waals surface area contributed by atoms with Gasteiger partial charge in [-0.1, -0.05) is 41.9 Å². The van der Waals surface area contributed by atoms with E-state index in [-0.39, 0.29) is 6.03 Å². The lowest BCUT2D eigenvalue weighted by Gasteiger charge is -2.20. The van der Waals surface area contributed by atoms with Crippen LogP contribution in [0.5, 0.6) is 0 Å². The Hall–Kier alpha value is -3.41. The van der Waals surface area contributed by atoms with Gasteiger partial charge in [-0.25, -0.2) is 4.79 Å². The minimum absolute atomic E-state index is 0.118. The monoisotopic (exact) mass is 484 g/mol. The summed E-state index contributed by atoms with van der Waals surface area (Å²) in [5.41, 5.74) is 6.20. The Labute approximate surface area is 211 Å². The molecule has 1 aromatic heterocycles. The SMILES string of the molecule is CN(C)CCCc1cc2c(cc1Cl)CCN2C(=O)Nc1ccc(-c2ccncc2)c2ccccc12. The number of pyridine rings is 1. The van der Waals surface area contributed by atoms with Crippen LogP contribution in [0.1, 0.15) is 17.5 Å².